The molecule has 3 heteroatoms. The molecule has 0 bridgehead atoms. The number of benzene rings is 1. The van der Waals surface area contributed by atoms with Crippen molar-refractivity contribution in [2.75, 3.05) is 6.61 Å². The Bertz CT molecular complexity index is 419. The second kappa shape index (κ2) is 5.53. The van der Waals surface area contributed by atoms with E-state index in [1.54, 1.807) is 31.2 Å². The van der Waals surface area contributed by atoms with Crippen LogP contribution in [-0.2, 0) is 14.9 Å². The normalized spacial score (nSPS) is 11.7. The zero-order chi connectivity index (χ0) is 12.9. The molecule has 3 nitrogen and oxygen atoms in total. The number of allylic oxidation sites excluding steroid dienone is 1. The third-order valence-corrected chi connectivity index (χ3v) is 2.51. The summed E-state index contributed by atoms with van der Waals surface area (Å²) < 4.78 is 4.82. The molecule has 0 heterocycles. The monoisotopic (exact) mass is 234 g/mol. The molecular weight excluding hydrogens is 216 g/mol. The van der Waals surface area contributed by atoms with E-state index in [-0.39, 0.29) is 17.1 Å². The minimum absolute atomic E-state index is 0.222. The van der Waals surface area contributed by atoms with Crippen LogP contribution in [0.15, 0.2) is 36.4 Å². The number of ether oxygens (including phenoxy) is 1. The number of carbonyl (C=O) groups is 1. The Kier molecular flexibility index (Phi) is 4.32. The third-order valence-electron chi connectivity index (χ3n) is 2.51. The first-order valence-corrected chi connectivity index (χ1v) is 5.61. The molecule has 1 N–H and O–H groups in total. The van der Waals surface area contributed by atoms with Crippen LogP contribution in [0.5, 0.6) is 5.75 Å². The number of phenols is 1. The number of aromatic hydroxyl groups is 1. The molecule has 17 heavy (non-hydrogen) atoms. The maximum atomic E-state index is 11.2. The summed E-state index contributed by atoms with van der Waals surface area (Å²) in [7, 11) is 0. The van der Waals surface area contributed by atoms with Crippen LogP contribution in [0.4, 0.5) is 0 Å². The van der Waals surface area contributed by atoms with Crippen molar-refractivity contribution in [3.8, 4) is 5.75 Å². The number of esters is 1. The minimum Gasteiger partial charge on any atom is -0.508 e. The lowest BCUT2D eigenvalue weighted by atomic mass is 9.84. The maximum absolute atomic E-state index is 11.2. The van der Waals surface area contributed by atoms with E-state index in [2.05, 4.69) is 0 Å². The molecular formula is C14H18O3. The molecule has 0 spiro atoms. The molecule has 0 atom stereocenters. The van der Waals surface area contributed by atoms with E-state index in [9.17, 15) is 9.90 Å². The van der Waals surface area contributed by atoms with E-state index in [4.69, 9.17) is 4.74 Å². The number of hydrogen-bond acceptors (Lipinski definition) is 3. The standard InChI is InChI=1S/C14H18O3/c1-4-17-13(16)8-9-14(2,3)11-6-5-7-12(15)10-11/h5-10,15H,4H2,1-3H3. The molecule has 0 unspecified atom stereocenters. The summed E-state index contributed by atoms with van der Waals surface area (Å²) >= 11 is 0. The van der Waals surface area contributed by atoms with E-state index in [1.165, 1.54) is 6.08 Å². The molecule has 0 aliphatic heterocycles. The fourth-order valence-electron chi connectivity index (χ4n) is 1.47. The van der Waals surface area contributed by atoms with Crippen molar-refractivity contribution >= 4 is 5.97 Å². The van der Waals surface area contributed by atoms with E-state index < -0.39 is 0 Å². The van der Waals surface area contributed by atoms with Crippen LogP contribution in [0.3, 0.4) is 0 Å². The topological polar surface area (TPSA) is 46.5 Å². The maximum Gasteiger partial charge on any atom is 0.330 e. The zero-order valence-corrected chi connectivity index (χ0v) is 10.4. The molecule has 0 radical (unpaired) electrons. The van der Waals surface area contributed by atoms with Crippen LogP contribution < -0.4 is 0 Å². The van der Waals surface area contributed by atoms with Crippen LogP contribution in [0.25, 0.3) is 0 Å². The first kappa shape index (κ1) is 13.3. The highest BCUT2D eigenvalue weighted by molar-refractivity contribution is 5.82. The summed E-state index contributed by atoms with van der Waals surface area (Å²) in [4.78, 5) is 11.2. The van der Waals surface area contributed by atoms with Crippen LogP contribution in [0, 0.1) is 0 Å². The van der Waals surface area contributed by atoms with Gasteiger partial charge in [0, 0.05) is 11.5 Å². The Morgan fingerprint density at radius 2 is 2.18 bits per heavy atom. The van der Waals surface area contributed by atoms with Gasteiger partial charge in [-0.15, -0.1) is 0 Å². The van der Waals surface area contributed by atoms with Gasteiger partial charge in [0.2, 0.25) is 0 Å². The van der Waals surface area contributed by atoms with Gasteiger partial charge in [0.1, 0.15) is 5.75 Å². The van der Waals surface area contributed by atoms with Gasteiger partial charge in [-0.05, 0) is 24.6 Å². The van der Waals surface area contributed by atoms with E-state index >= 15 is 0 Å². The van der Waals surface area contributed by atoms with Gasteiger partial charge in [0.15, 0.2) is 0 Å². The Hall–Kier alpha value is -1.77. The predicted molar refractivity (Wildman–Crippen MR) is 66.9 cm³/mol. The van der Waals surface area contributed by atoms with Gasteiger partial charge < -0.3 is 9.84 Å². The SMILES string of the molecule is CCOC(=O)C=CC(C)(C)c1cccc(O)c1. The van der Waals surface area contributed by atoms with Gasteiger partial charge in [-0.25, -0.2) is 4.79 Å². The Morgan fingerprint density at radius 1 is 1.47 bits per heavy atom. The van der Waals surface area contributed by atoms with Crippen molar-refractivity contribution < 1.29 is 14.6 Å². The summed E-state index contributed by atoms with van der Waals surface area (Å²) in [5, 5.41) is 9.42. The number of carbonyl (C=O) groups excluding carboxylic acids is 1. The summed E-state index contributed by atoms with van der Waals surface area (Å²) in [6.07, 6.45) is 3.20. The Labute approximate surface area is 102 Å². The van der Waals surface area contributed by atoms with Crippen molar-refractivity contribution in [1.82, 2.24) is 0 Å². The highest BCUT2D eigenvalue weighted by Gasteiger charge is 2.17. The van der Waals surface area contributed by atoms with Gasteiger partial charge in [-0.2, -0.15) is 0 Å². The molecule has 0 fully saturated rings. The van der Waals surface area contributed by atoms with E-state index in [1.807, 2.05) is 19.9 Å². The molecule has 1 aromatic rings. The molecule has 0 saturated carbocycles. The van der Waals surface area contributed by atoms with Crippen molar-refractivity contribution in [3.63, 3.8) is 0 Å². The fraction of sp³-hybridized carbons (Fsp3) is 0.357. The molecule has 0 saturated heterocycles. The Morgan fingerprint density at radius 3 is 2.76 bits per heavy atom. The largest absolute Gasteiger partial charge is 0.508 e. The van der Waals surface area contributed by atoms with Crippen LogP contribution >= 0.6 is 0 Å². The first-order chi connectivity index (χ1) is 7.95. The van der Waals surface area contributed by atoms with Crippen molar-refractivity contribution in [2.45, 2.75) is 26.2 Å². The van der Waals surface area contributed by atoms with Crippen LogP contribution in [0.2, 0.25) is 0 Å². The quantitative estimate of drug-likeness (QED) is 0.643. The molecule has 92 valence electrons. The number of rotatable bonds is 4. The van der Waals surface area contributed by atoms with Gasteiger partial charge in [0.25, 0.3) is 0 Å². The smallest absolute Gasteiger partial charge is 0.330 e. The van der Waals surface area contributed by atoms with Crippen molar-refractivity contribution in [1.29, 1.82) is 0 Å². The minimum atomic E-state index is -0.347. The average molecular weight is 234 g/mol. The van der Waals surface area contributed by atoms with Gasteiger partial charge in [-0.3, -0.25) is 0 Å². The van der Waals surface area contributed by atoms with E-state index in [0.29, 0.717) is 6.61 Å². The number of hydrogen-bond donors (Lipinski definition) is 1. The van der Waals surface area contributed by atoms with Gasteiger partial charge in [0.05, 0.1) is 6.61 Å². The molecule has 0 aromatic heterocycles. The lowest BCUT2D eigenvalue weighted by molar-refractivity contribution is -0.137. The van der Waals surface area contributed by atoms with Gasteiger partial charge in [-0.1, -0.05) is 32.1 Å². The zero-order valence-electron chi connectivity index (χ0n) is 10.4. The summed E-state index contributed by atoms with van der Waals surface area (Å²) in [6, 6.07) is 7.00. The summed E-state index contributed by atoms with van der Waals surface area (Å²) in [6.45, 7) is 6.08. The molecule has 1 rings (SSSR count). The Balaban J connectivity index is 2.84. The summed E-state index contributed by atoms with van der Waals surface area (Å²) in [5.74, 6) is -0.124. The average Bonchev–Trinajstić information content (AvgIpc) is 2.27. The van der Waals surface area contributed by atoms with Crippen LogP contribution in [-0.4, -0.2) is 17.7 Å². The van der Waals surface area contributed by atoms with Gasteiger partial charge >= 0.3 is 5.97 Å². The summed E-state index contributed by atoms with van der Waals surface area (Å²) in [5.41, 5.74) is 0.615. The molecule has 1 aromatic carbocycles. The third kappa shape index (κ3) is 3.94. The van der Waals surface area contributed by atoms with Crippen LogP contribution in [0.1, 0.15) is 26.3 Å². The molecule has 0 aliphatic carbocycles. The second-order valence-electron chi connectivity index (χ2n) is 4.36. The molecule has 0 aliphatic rings. The molecule has 0 amide bonds. The van der Waals surface area contributed by atoms with E-state index in [0.717, 1.165) is 5.56 Å². The number of phenolic OH excluding ortho intramolecular Hbond substituents is 1. The second-order valence-corrected chi connectivity index (χ2v) is 4.36. The fourth-order valence-corrected chi connectivity index (χ4v) is 1.47. The van der Waals surface area contributed by atoms with Crippen molar-refractivity contribution in [2.24, 2.45) is 0 Å². The highest BCUT2D eigenvalue weighted by Crippen LogP contribution is 2.27. The lowest BCUT2D eigenvalue weighted by Crippen LogP contribution is -2.14. The van der Waals surface area contributed by atoms with Crippen molar-refractivity contribution in [3.05, 3.63) is 42.0 Å². The highest BCUT2D eigenvalue weighted by atomic mass is 16.5. The predicted octanol–water partition coefficient (Wildman–Crippen LogP) is 2.79. The first-order valence-electron chi connectivity index (χ1n) is 5.61. The lowest BCUT2D eigenvalue weighted by Gasteiger charge is -2.20.